The predicted molar refractivity (Wildman–Crippen MR) is 97.7 cm³/mol. The van der Waals surface area contributed by atoms with E-state index in [1.54, 1.807) is 36.3 Å². The van der Waals surface area contributed by atoms with Gasteiger partial charge >= 0.3 is 0 Å². The average molecular weight is 401 g/mol. The molecular weight excluding hydrogens is 384 g/mol. The molecular formula is C18H17BrN4O2. The molecule has 3 aromatic rings. The first-order valence-corrected chi connectivity index (χ1v) is 8.61. The van der Waals surface area contributed by atoms with Crippen molar-refractivity contribution in [2.45, 2.75) is 26.4 Å². The monoisotopic (exact) mass is 400 g/mol. The third-order valence-electron chi connectivity index (χ3n) is 4.11. The number of carbonyl (C=O) groups excluding carboxylic acids is 1. The van der Waals surface area contributed by atoms with Gasteiger partial charge in [0, 0.05) is 28.6 Å². The van der Waals surface area contributed by atoms with Crippen LogP contribution < -0.4 is 5.56 Å². The van der Waals surface area contributed by atoms with Gasteiger partial charge in [-0.15, -0.1) is 0 Å². The fourth-order valence-corrected chi connectivity index (χ4v) is 2.98. The molecule has 0 aromatic carbocycles. The Labute approximate surface area is 153 Å². The summed E-state index contributed by atoms with van der Waals surface area (Å²) in [5.74, 6) is -0.148. The molecule has 0 bridgehead atoms. The first kappa shape index (κ1) is 17.3. The lowest BCUT2D eigenvalue weighted by Gasteiger charge is -2.14. The summed E-state index contributed by atoms with van der Waals surface area (Å²) in [5.41, 5.74) is 1.91. The molecule has 0 aliphatic heterocycles. The van der Waals surface area contributed by atoms with Gasteiger partial charge in [0.2, 0.25) is 0 Å². The second kappa shape index (κ2) is 7.14. The minimum absolute atomic E-state index is 0.148. The molecule has 3 aromatic heterocycles. The largest absolute Gasteiger partial charge is 0.304 e. The van der Waals surface area contributed by atoms with E-state index in [-0.39, 0.29) is 11.3 Å². The fourth-order valence-electron chi connectivity index (χ4n) is 2.62. The molecule has 0 spiro atoms. The summed E-state index contributed by atoms with van der Waals surface area (Å²) in [6.07, 6.45) is 4.90. The van der Waals surface area contributed by atoms with Crippen molar-refractivity contribution in [1.29, 1.82) is 0 Å². The van der Waals surface area contributed by atoms with Crippen LogP contribution in [0.1, 0.15) is 34.7 Å². The molecule has 0 aliphatic carbocycles. The molecule has 0 radical (unpaired) electrons. The van der Waals surface area contributed by atoms with E-state index in [0.717, 1.165) is 15.9 Å². The molecule has 0 saturated carbocycles. The number of halogens is 1. The summed E-state index contributed by atoms with van der Waals surface area (Å²) in [4.78, 5) is 29.2. The number of hydrogen-bond acceptors (Lipinski definition) is 4. The quantitative estimate of drug-likeness (QED) is 0.617. The normalized spacial score (nSPS) is 12.1. The second-order valence-corrected chi connectivity index (χ2v) is 6.67. The molecule has 3 heterocycles. The Morgan fingerprint density at radius 1 is 1.28 bits per heavy atom. The molecule has 128 valence electrons. The zero-order valence-corrected chi connectivity index (χ0v) is 15.5. The maximum Gasteiger partial charge on any atom is 0.251 e. The van der Waals surface area contributed by atoms with Gasteiger partial charge in [-0.1, -0.05) is 6.07 Å². The van der Waals surface area contributed by atoms with Crippen molar-refractivity contribution in [3.05, 3.63) is 80.7 Å². The van der Waals surface area contributed by atoms with Crippen LogP contribution in [0.15, 0.2) is 58.2 Å². The maximum atomic E-state index is 12.9. The fraction of sp³-hybridized carbons (Fsp3) is 0.222. The highest BCUT2D eigenvalue weighted by atomic mass is 79.9. The topological polar surface area (TPSA) is 69.8 Å². The van der Waals surface area contributed by atoms with Crippen molar-refractivity contribution in [1.82, 2.24) is 19.3 Å². The summed E-state index contributed by atoms with van der Waals surface area (Å²) in [6.45, 7) is 4.05. The summed E-state index contributed by atoms with van der Waals surface area (Å²) in [7, 11) is 0. The lowest BCUT2D eigenvalue weighted by molar-refractivity contribution is 0.0932. The van der Waals surface area contributed by atoms with E-state index in [1.807, 2.05) is 25.1 Å². The third kappa shape index (κ3) is 3.61. The Morgan fingerprint density at radius 2 is 2.08 bits per heavy atom. The van der Waals surface area contributed by atoms with Crippen molar-refractivity contribution < 1.29 is 4.79 Å². The maximum absolute atomic E-state index is 12.9. The molecule has 0 aliphatic rings. The van der Waals surface area contributed by atoms with Gasteiger partial charge < -0.3 is 4.57 Å². The summed E-state index contributed by atoms with van der Waals surface area (Å²) in [5, 5.41) is 4.31. The molecule has 0 fully saturated rings. The van der Waals surface area contributed by atoms with Gasteiger partial charge in [-0.25, -0.2) is 0 Å². The Kier molecular flexibility index (Phi) is 4.94. The van der Waals surface area contributed by atoms with Crippen LogP contribution in [-0.2, 0) is 6.54 Å². The Hall–Kier alpha value is -2.54. The van der Waals surface area contributed by atoms with Crippen molar-refractivity contribution >= 4 is 21.7 Å². The molecule has 3 rings (SSSR count). The highest BCUT2D eigenvalue weighted by Crippen LogP contribution is 2.18. The van der Waals surface area contributed by atoms with Gasteiger partial charge in [0.25, 0.3) is 5.56 Å². The second-order valence-electron chi connectivity index (χ2n) is 5.76. The van der Waals surface area contributed by atoms with Crippen LogP contribution in [-0.4, -0.2) is 25.1 Å². The zero-order chi connectivity index (χ0) is 18.0. The van der Waals surface area contributed by atoms with Crippen molar-refractivity contribution in [3.63, 3.8) is 0 Å². The van der Waals surface area contributed by atoms with Crippen LogP contribution >= 0.6 is 15.9 Å². The van der Waals surface area contributed by atoms with E-state index in [2.05, 4.69) is 26.0 Å². The lowest BCUT2D eigenvalue weighted by atomic mass is 10.1. The van der Waals surface area contributed by atoms with Gasteiger partial charge in [-0.3, -0.25) is 19.3 Å². The standard InChI is InChI=1S/C18H17BrN4O2/c1-12-16(9-21-23(12)11-15-5-3-4-8-20-15)18(25)13(2)22-10-14(19)6-7-17(22)24/h3-10,13H,11H2,1-2H3. The van der Waals surface area contributed by atoms with E-state index < -0.39 is 6.04 Å². The molecule has 0 amide bonds. The van der Waals surface area contributed by atoms with Crippen LogP contribution in [0.25, 0.3) is 0 Å². The number of rotatable bonds is 5. The minimum Gasteiger partial charge on any atom is -0.304 e. The highest BCUT2D eigenvalue weighted by Gasteiger charge is 2.22. The molecule has 0 N–H and O–H groups in total. The van der Waals surface area contributed by atoms with E-state index in [4.69, 9.17) is 0 Å². The summed E-state index contributed by atoms with van der Waals surface area (Å²) >= 11 is 3.33. The van der Waals surface area contributed by atoms with Crippen LogP contribution in [0, 0.1) is 6.92 Å². The van der Waals surface area contributed by atoms with Crippen LogP contribution in [0.4, 0.5) is 0 Å². The number of pyridine rings is 2. The van der Waals surface area contributed by atoms with Crippen LogP contribution in [0.2, 0.25) is 0 Å². The zero-order valence-electron chi connectivity index (χ0n) is 13.9. The van der Waals surface area contributed by atoms with Gasteiger partial charge in [0.05, 0.1) is 30.0 Å². The number of carbonyl (C=O) groups is 1. The van der Waals surface area contributed by atoms with E-state index in [0.29, 0.717) is 12.1 Å². The Bertz CT molecular complexity index is 963. The minimum atomic E-state index is -0.615. The number of aromatic nitrogens is 4. The Morgan fingerprint density at radius 3 is 2.80 bits per heavy atom. The molecule has 1 atom stereocenters. The number of ketones is 1. The van der Waals surface area contributed by atoms with Gasteiger partial charge in [0.15, 0.2) is 5.78 Å². The average Bonchev–Trinajstić information content (AvgIpc) is 2.97. The van der Waals surface area contributed by atoms with Crippen molar-refractivity contribution in [2.75, 3.05) is 0 Å². The lowest BCUT2D eigenvalue weighted by Crippen LogP contribution is -2.27. The number of Topliss-reactive ketones (excluding diaryl/α,β-unsaturated/α-hetero) is 1. The molecule has 25 heavy (non-hydrogen) atoms. The molecule has 1 unspecified atom stereocenters. The van der Waals surface area contributed by atoms with Gasteiger partial charge in [0.1, 0.15) is 0 Å². The van der Waals surface area contributed by atoms with Gasteiger partial charge in [-0.2, -0.15) is 5.10 Å². The summed E-state index contributed by atoms with van der Waals surface area (Å²) < 4.78 is 3.91. The predicted octanol–water partition coefficient (Wildman–Crippen LogP) is 3.00. The van der Waals surface area contributed by atoms with Gasteiger partial charge in [-0.05, 0) is 48.0 Å². The molecule has 7 heteroatoms. The van der Waals surface area contributed by atoms with E-state index in [9.17, 15) is 9.59 Å². The first-order chi connectivity index (χ1) is 12.0. The summed E-state index contributed by atoms with van der Waals surface area (Å²) in [6, 6.07) is 8.15. The molecule has 0 saturated heterocycles. The SMILES string of the molecule is Cc1c(C(=O)C(C)n2cc(Br)ccc2=O)cnn1Cc1ccccn1. The smallest absolute Gasteiger partial charge is 0.251 e. The van der Waals surface area contributed by atoms with E-state index >= 15 is 0 Å². The van der Waals surface area contributed by atoms with Crippen LogP contribution in [0.3, 0.4) is 0 Å². The number of hydrogen-bond donors (Lipinski definition) is 0. The van der Waals surface area contributed by atoms with E-state index in [1.165, 1.54) is 10.6 Å². The highest BCUT2D eigenvalue weighted by molar-refractivity contribution is 9.10. The number of nitrogens with zero attached hydrogens (tertiary/aromatic N) is 4. The first-order valence-electron chi connectivity index (χ1n) is 7.81. The van der Waals surface area contributed by atoms with Crippen molar-refractivity contribution in [2.24, 2.45) is 0 Å². The Balaban J connectivity index is 1.88. The van der Waals surface area contributed by atoms with Crippen LogP contribution in [0.5, 0.6) is 0 Å². The van der Waals surface area contributed by atoms with Crippen molar-refractivity contribution in [3.8, 4) is 0 Å². The molecule has 6 nitrogen and oxygen atoms in total. The third-order valence-corrected chi connectivity index (χ3v) is 4.57.